The van der Waals surface area contributed by atoms with Gasteiger partial charge in [-0.3, -0.25) is 10.1 Å². The van der Waals surface area contributed by atoms with Gasteiger partial charge in [-0.15, -0.1) is 0 Å². The van der Waals surface area contributed by atoms with Gasteiger partial charge in [0.25, 0.3) is 5.69 Å². The first kappa shape index (κ1) is 13.5. The minimum Gasteiger partial charge on any atom is -0.360 e. The summed E-state index contributed by atoms with van der Waals surface area (Å²) in [5, 5.41) is 12.8. The van der Waals surface area contributed by atoms with E-state index in [9.17, 15) is 10.1 Å². The lowest BCUT2D eigenvalue weighted by Crippen LogP contribution is -1.91. The molecule has 5 heteroatoms. The van der Waals surface area contributed by atoms with Crippen LogP contribution in [0.3, 0.4) is 0 Å². The zero-order valence-electron chi connectivity index (χ0n) is 12.4. The summed E-state index contributed by atoms with van der Waals surface area (Å²) in [6, 6.07) is 14.7. The van der Waals surface area contributed by atoms with Crippen LogP contribution in [-0.4, -0.2) is 14.9 Å². The van der Waals surface area contributed by atoms with Gasteiger partial charge in [0.15, 0.2) is 0 Å². The molecule has 0 bridgehead atoms. The molecule has 2 aromatic carbocycles. The van der Waals surface area contributed by atoms with E-state index in [-0.39, 0.29) is 10.6 Å². The van der Waals surface area contributed by atoms with Gasteiger partial charge in [-0.05, 0) is 30.7 Å². The lowest BCUT2D eigenvalue weighted by Gasteiger charge is -2.03. The number of hydrogen-bond acceptors (Lipinski definition) is 3. The highest BCUT2D eigenvalue weighted by Crippen LogP contribution is 2.31. The Morgan fingerprint density at radius 2 is 1.87 bits per heavy atom. The third-order valence-electron chi connectivity index (χ3n) is 4.11. The van der Waals surface area contributed by atoms with E-state index in [4.69, 9.17) is 0 Å². The van der Waals surface area contributed by atoms with Crippen molar-refractivity contribution in [2.75, 3.05) is 0 Å². The fourth-order valence-corrected chi connectivity index (χ4v) is 2.97. The summed E-state index contributed by atoms with van der Waals surface area (Å²) in [6.45, 7) is 2.06. The van der Waals surface area contributed by atoms with Gasteiger partial charge in [0.1, 0.15) is 0 Å². The van der Waals surface area contributed by atoms with Crippen molar-refractivity contribution in [1.29, 1.82) is 0 Å². The number of H-pyrrole nitrogens is 1. The van der Waals surface area contributed by atoms with E-state index in [1.165, 1.54) is 11.6 Å². The Kier molecular flexibility index (Phi) is 2.87. The summed E-state index contributed by atoms with van der Waals surface area (Å²) in [7, 11) is 0. The molecular formula is C18H13N3O2. The number of non-ortho nitro benzene ring substituents is 1. The van der Waals surface area contributed by atoms with E-state index in [2.05, 4.69) is 23.0 Å². The molecule has 0 saturated heterocycles. The summed E-state index contributed by atoms with van der Waals surface area (Å²) >= 11 is 0. The zero-order valence-corrected chi connectivity index (χ0v) is 12.4. The van der Waals surface area contributed by atoms with Crippen LogP contribution in [0, 0.1) is 17.0 Å². The Morgan fingerprint density at radius 3 is 2.70 bits per heavy atom. The molecule has 0 radical (unpaired) electrons. The first-order valence-electron chi connectivity index (χ1n) is 7.26. The second-order valence-electron chi connectivity index (χ2n) is 5.50. The Bertz CT molecular complexity index is 1070. The topological polar surface area (TPSA) is 71.8 Å². The van der Waals surface area contributed by atoms with E-state index in [0.29, 0.717) is 10.9 Å². The third-order valence-corrected chi connectivity index (χ3v) is 4.11. The molecule has 0 aliphatic rings. The van der Waals surface area contributed by atoms with E-state index in [1.54, 1.807) is 18.2 Å². The summed E-state index contributed by atoms with van der Waals surface area (Å²) in [4.78, 5) is 18.6. The predicted octanol–water partition coefficient (Wildman–Crippen LogP) is 4.60. The van der Waals surface area contributed by atoms with Crippen molar-refractivity contribution in [3.63, 3.8) is 0 Å². The van der Waals surface area contributed by atoms with Gasteiger partial charge in [-0.2, -0.15) is 0 Å². The molecule has 0 unspecified atom stereocenters. The van der Waals surface area contributed by atoms with Crippen molar-refractivity contribution >= 4 is 27.5 Å². The van der Waals surface area contributed by atoms with Crippen LogP contribution in [0.1, 0.15) is 5.56 Å². The van der Waals surface area contributed by atoms with Crippen molar-refractivity contribution in [2.24, 2.45) is 0 Å². The number of hydrogen-bond donors (Lipinski definition) is 1. The standard InChI is InChI=1S/C18H13N3O2/c1-11-4-2-5-12-14(10-19-18(11)12)16-9-8-13-15(20-16)6-3-7-17(13)21(22)23/h2-10,19H,1H3. The summed E-state index contributed by atoms with van der Waals surface area (Å²) in [6.07, 6.45) is 1.93. The average Bonchev–Trinajstić information content (AvgIpc) is 2.99. The SMILES string of the molecule is Cc1cccc2c(-c3ccc4c([N+](=O)[O-])cccc4n3)c[nH]c12. The predicted molar refractivity (Wildman–Crippen MR) is 90.4 cm³/mol. The van der Waals surface area contributed by atoms with Crippen molar-refractivity contribution in [3.8, 4) is 11.3 Å². The van der Waals surface area contributed by atoms with Gasteiger partial charge < -0.3 is 4.98 Å². The molecule has 0 fully saturated rings. The van der Waals surface area contributed by atoms with Gasteiger partial charge in [-0.1, -0.05) is 24.3 Å². The quantitative estimate of drug-likeness (QED) is 0.434. The van der Waals surface area contributed by atoms with Gasteiger partial charge >= 0.3 is 0 Å². The molecule has 4 aromatic rings. The monoisotopic (exact) mass is 303 g/mol. The van der Waals surface area contributed by atoms with Crippen LogP contribution in [0.25, 0.3) is 33.1 Å². The molecule has 0 amide bonds. The van der Waals surface area contributed by atoms with Crippen LogP contribution in [0.5, 0.6) is 0 Å². The van der Waals surface area contributed by atoms with Crippen LogP contribution < -0.4 is 0 Å². The Morgan fingerprint density at radius 1 is 1.04 bits per heavy atom. The largest absolute Gasteiger partial charge is 0.360 e. The number of nitrogens with one attached hydrogen (secondary N) is 1. The van der Waals surface area contributed by atoms with Crippen LogP contribution in [0.15, 0.2) is 54.7 Å². The van der Waals surface area contributed by atoms with Crippen molar-refractivity contribution in [1.82, 2.24) is 9.97 Å². The lowest BCUT2D eigenvalue weighted by atomic mass is 10.1. The maximum Gasteiger partial charge on any atom is 0.278 e. The maximum atomic E-state index is 11.1. The first-order valence-corrected chi connectivity index (χ1v) is 7.26. The highest BCUT2D eigenvalue weighted by molar-refractivity contribution is 5.98. The van der Waals surface area contributed by atoms with Gasteiger partial charge in [0, 0.05) is 28.7 Å². The first-order chi connectivity index (χ1) is 11.1. The van der Waals surface area contributed by atoms with Crippen molar-refractivity contribution in [3.05, 3.63) is 70.4 Å². The van der Waals surface area contributed by atoms with Crippen LogP contribution in [0.2, 0.25) is 0 Å². The fraction of sp³-hybridized carbons (Fsp3) is 0.0556. The maximum absolute atomic E-state index is 11.1. The molecule has 0 atom stereocenters. The number of aromatic amines is 1. The van der Waals surface area contributed by atoms with Gasteiger partial charge in [0.2, 0.25) is 0 Å². The van der Waals surface area contributed by atoms with E-state index >= 15 is 0 Å². The molecule has 0 aliphatic heterocycles. The molecule has 2 heterocycles. The molecule has 0 aliphatic carbocycles. The Balaban J connectivity index is 1.95. The highest BCUT2D eigenvalue weighted by atomic mass is 16.6. The van der Waals surface area contributed by atoms with Crippen LogP contribution in [0.4, 0.5) is 5.69 Å². The van der Waals surface area contributed by atoms with Crippen molar-refractivity contribution < 1.29 is 4.92 Å². The van der Waals surface area contributed by atoms with Gasteiger partial charge in [0.05, 0.1) is 21.5 Å². The number of pyridine rings is 1. The minimum atomic E-state index is -0.376. The molecule has 0 spiro atoms. The van der Waals surface area contributed by atoms with E-state index in [1.807, 2.05) is 24.4 Å². The highest BCUT2D eigenvalue weighted by Gasteiger charge is 2.14. The smallest absolute Gasteiger partial charge is 0.278 e. The lowest BCUT2D eigenvalue weighted by molar-refractivity contribution is -0.383. The molecule has 4 rings (SSSR count). The zero-order chi connectivity index (χ0) is 16.0. The molecular weight excluding hydrogens is 290 g/mol. The number of nitro benzene ring substituents is 1. The number of aromatic nitrogens is 2. The third kappa shape index (κ3) is 2.05. The molecule has 1 N–H and O–H groups in total. The number of para-hydroxylation sites is 1. The average molecular weight is 303 g/mol. The number of rotatable bonds is 2. The minimum absolute atomic E-state index is 0.0799. The molecule has 23 heavy (non-hydrogen) atoms. The summed E-state index contributed by atoms with van der Waals surface area (Å²) < 4.78 is 0. The van der Waals surface area contributed by atoms with Crippen molar-refractivity contribution in [2.45, 2.75) is 6.92 Å². The number of fused-ring (bicyclic) bond motifs is 2. The number of aryl methyl sites for hydroxylation is 1. The van der Waals surface area contributed by atoms with Gasteiger partial charge in [-0.25, -0.2) is 4.98 Å². The van der Waals surface area contributed by atoms with E-state index < -0.39 is 0 Å². The molecule has 0 saturated carbocycles. The summed E-state index contributed by atoms with van der Waals surface area (Å²) in [5.41, 5.74) is 4.76. The second-order valence-corrected chi connectivity index (χ2v) is 5.50. The normalized spacial score (nSPS) is 11.2. The van der Waals surface area contributed by atoms with Crippen LogP contribution >= 0.6 is 0 Å². The Labute approximate surface area is 131 Å². The molecule has 2 aromatic heterocycles. The summed E-state index contributed by atoms with van der Waals surface area (Å²) in [5.74, 6) is 0. The Hall–Kier alpha value is -3.21. The number of benzene rings is 2. The number of nitro groups is 1. The number of nitrogens with zero attached hydrogens (tertiary/aromatic N) is 2. The van der Waals surface area contributed by atoms with E-state index in [0.717, 1.165) is 22.2 Å². The fourth-order valence-electron chi connectivity index (χ4n) is 2.97. The van der Waals surface area contributed by atoms with Crippen LogP contribution in [-0.2, 0) is 0 Å². The molecule has 5 nitrogen and oxygen atoms in total. The molecule has 112 valence electrons. The second kappa shape index (κ2) is 4.91.